The number of pyridine rings is 1. The molecule has 0 saturated carbocycles. The number of nitrogens with zero attached hydrogens (tertiary/aromatic N) is 4. The smallest absolute Gasteiger partial charge is 0.237 e. The molecule has 170 valence electrons. The molecule has 2 unspecified atom stereocenters. The Morgan fingerprint density at radius 2 is 1.94 bits per heavy atom. The van der Waals surface area contributed by atoms with E-state index in [-0.39, 0.29) is 31.5 Å². The summed E-state index contributed by atoms with van der Waals surface area (Å²) in [7, 11) is 3.18. The van der Waals surface area contributed by atoms with Crippen molar-refractivity contribution in [3.8, 4) is 23.3 Å². The fourth-order valence-electron chi connectivity index (χ4n) is 4.38. The molecule has 1 aromatic heterocycles. The molecular weight excluding hydrogens is 415 g/mol. The maximum absolute atomic E-state index is 13.6. The zero-order valence-electron chi connectivity index (χ0n) is 18.3. The summed E-state index contributed by atoms with van der Waals surface area (Å²) in [4.78, 5) is 20.4. The van der Waals surface area contributed by atoms with Crippen molar-refractivity contribution in [1.29, 1.82) is 5.26 Å². The summed E-state index contributed by atoms with van der Waals surface area (Å²) in [5, 5.41) is 10.0. The number of hydrogen-bond acceptors (Lipinski definition) is 7. The highest BCUT2D eigenvalue weighted by molar-refractivity contribution is 5.88. The number of methoxy groups -OCH3 is 2. The first-order chi connectivity index (χ1) is 15.5. The first-order valence-electron chi connectivity index (χ1n) is 10.7. The highest BCUT2D eigenvalue weighted by atomic mass is 19.1. The van der Waals surface area contributed by atoms with Gasteiger partial charge in [-0.05, 0) is 25.0 Å². The molecule has 0 aliphatic carbocycles. The molecule has 0 spiro atoms. The van der Waals surface area contributed by atoms with E-state index in [0.717, 1.165) is 29.5 Å². The van der Waals surface area contributed by atoms with Gasteiger partial charge in [-0.15, -0.1) is 0 Å². The van der Waals surface area contributed by atoms with E-state index in [1.54, 1.807) is 20.4 Å². The van der Waals surface area contributed by atoms with Gasteiger partial charge in [0, 0.05) is 37.2 Å². The lowest BCUT2D eigenvalue weighted by Crippen LogP contribution is -2.46. The Balaban J connectivity index is 1.37. The summed E-state index contributed by atoms with van der Waals surface area (Å²) in [6.07, 6.45) is 2.23. The van der Waals surface area contributed by atoms with Crippen molar-refractivity contribution in [2.45, 2.75) is 37.6 Å². The van der Waals surface area contributed by atoms with Crippen LogP contribution in [-0.2, 0) is 4.79 Å². The molecule has 2 saturated heterocycles. The Kier molecular flexibility index (Phi) is 6.61. The van der Waals surface area contributed by atoms with Gasteiger partial charge in [0.15, 0.2) is 11.5 Å². The second-order valence-electron chi connectivity index (χ2n) is 8.15. The van der Waals surface area contributed by atoms with Gasteiger partial charge in [-0.3, -0.25) is 14.7 Å². The number of alkyl halides is 1. The van der Waals surface area contributed by atoms with Crippen molar-refractivity contribution in [3.05, 3.63) is 24.4 Å². The normalized spacial score (nSPS) is 22.0. The minimum Gasteiger partial charge on any atom is -0.493 e. The van der Waals surface area contributed by atoms with Crippen molar-refractivity contribution < 1.29 is 23.4 Å². The van der Waals surface area contributed by atoms with Crippen LogP contribution in [-0.4, -0.2) is 79.4 Å². The average molecular weight is 442 g/mol. The van der Waals surface area contributed by atoms with Gasteiger partial charge in [-0.2, -0.15) is 5.26 Å². The molecule has 4 rings (SSSR count). The molecule has 8 nitrogen and oxygen atoms in total. The molecule has 0 N–H and O–H groups in total. The number of fused-ring (bicyclic) bond motifs is 1. The number of hydrogen-bond donors (Lipinski definition) is 0. The van der Waals surface area contributed by atoms with E-state index in [4.69, 9.17) is 19.5 Å². The first-order valence-corrected chi connectivity index (χ1v) is 10.7. The third kappa shape index (κ3) is 4.55. The summed E-state index contributed by atoms with van der Waals surface area (Å²) < 4.78 is 30.7. The zero-order chi connectivity index (χ0) is 22.7. The molecule has 2 aliphatic rings. The van der Waals surface area contributed by atoms with Crippen LogP contribution in [0.15, 0.2) is 24.4 Å². The standard InChI is InChI=1S/C23H27FN4O4/c1-30-21-10-18-19(11-22(21)31-2)26-6-3-20(18)32-17-4-7-27(8-5-17)14-23(29)28-13-15(24)9-16(28)12-25/h3,6,10-11,15-17H,4-5,7-9,13-14H2,1-2H3. The fraction of sp³-hybridized carbons (Fsp3) is 0.522. The Labute approximate surface area is 186 Å². The molecule has 2 fully saturated rings. The number of piperidine rings is 1. The Morgan fingerprint density at radius 3 is 2.62 bits per heavy atom. The van der Waals surface area contributed by atoms with Crippen molar-refractivity contribution in [2.24, 2.45) is 0 Å². The number of carbonyl (C=O) groups excluding carboxylic acids is 1. The van der Waals surface area contributed by atoms with Gasteiger partial charge in [-0.25, -0.2) is 4.39 Å². The predicted molar refractivity (Wildman–Crippen MR) is 116 cm³/mol. The lowest BCUT2D eigenvalue weighted by atomic mass is 10.1. The lowest BCUT2D eigenvalue weighted by molar-refractivity contribution is -0.133. The number of halogens is 1. The van der Waals surface area contributed by atoms with Gasteiger partial charge in [0.25, 0.3) is 0 Å². The number of likely N-dealkylation sites (tertiary alicyclic amines) is 2. The van der Waals surface area contributed by atoms with E-state index >= 15 is 0 Å². The zero-order valence-corrected chi connectivity index (χ0v) is 18.3. The van der Waals surface area contributed by atoms with Crippen molar-refractivity contribution in [2.75, 3.05) is 40.4 Å². The minimum absolute atomic E-state index is 0.00825. The molecule has 9 heteroatoms. The third-order valence-electron chi connectivity index (χ3n) is 6.11. The van der Waals surface area contributed by atoms with Crippen LogP contribution in [0.4, 0.5) is 4.39 Å². The summed E-state index contributed by atoms with van der Waals surface area (Å²) in [5.74, 6) is 1.77. The maximum atomic E-state index is 13.6. The van der Waals surface area contributed by atoms with Crippen LogP contribution in [0.5, 0.6) is 17.2 Å². The average Bonchev–Trinajstić information content (AvgIpc) is 3.20. The van der Waals surface area contributed by atoms with E-state index in [1.165, 1.54) is 4.90 Å². The number of rotatable bonds is 6. The van der Waals surface area contributed by atoms with Gasteiger partial charge < -0.3 is 19.1 Å². The van der Waals surface area contributed by atoms with Gasteiger partial charge in [0.05, 0.1) is 38.9 Å². The number of carbonyl (C=O) groups is 1. The van der Waals surface area contributed by atoms with Crippen LogP contribution >= 0.6 is 0 Å². The van der Waals surface area contributed by atoms with Crippen molar-refractivity contribution in [1.82, 2.24) is 14.8 Å². The molecule has 3 heterocycles. The molecule has 1 aromatic carbocycles. The molecule has 0 bridgehead atoms. The number of amides is 1. The SMILES string of the molecule is COc1cc2nccc(OC3CCN(CC(=O)N4CC(F)CC4C#N)CC3)c2cc1OC. The Bertz CT molecular complexity index is 1020. The van der Waals surface area contributed by atoms with Crippen molar-refractivity contribution in [3.63, 3.8) is 0 Å². The quantitative estimate of drug-likeness (QED) is 0.679. The van der Waals surface area contributed by atoms with Gasteiger partial charge in [0.2, 0.25) is 5.91 Å². The molecule has 1 amide bonds. The van der Waals surface area contributed by atoms with E-state index in [0.29, 0.717) is 24.6 Å². The van der Waals surface area contributed by atoms with Gasteiger partial charge in [-0.1, -0.05) is 0 Å². The van der Waals surface area contributed by atoms with E-state index in [1.807, 2.05) is 29.2 Å². The molecule has 2 aliphatic heterocycles. The number of ether oxygens (including phenoxy) is 3. The number of aromatic nitrogens is 1. The van der Waals surface area contributed by atoms with Crippen LogP contribution < -0.4 is 14.2 Å². The third-order valence-corrected chi connectivity index (χ3v) is 6.11. The monoisotopic (exact) mass is 442 g/mol. The highest BCUT2D eigenvalue weighted by Gasteiger charge is 2.36. The Morgan fingerprint density at radius 1 is 1.22 bits per heavy atom. The summed E-state index contributed by atoms with van der Waals surface area (Å²) >= 11 is 0. The van der Waals surface area contributed by atoms with Gasteiger partial charge in [0.1, 0.15) is 24.1 Å². The van der Waals surface area contributed by atoms with Crippen LogP contribution in [0.2, 0.25) is 0 Å². The molecule has 32 heavy (non-hydrogen) atoms. The highest BCUT2D eigenvalue weighted by Crippen LogP contribution is 2.36. The summed E-state index contributed by atoms with van der Waals surface area (Å²) in [5.41, 5.74) is 0.756. The van der Waals surface area contributed by atoms with E-state index in [9.17, 15) is 9.18 Å². The topological polar surface area (TPSA) is 87.9 Å². The first kappa shape index (κ1) is 22.1. The van der Waals surface area contributed by atoms with E-state index < -0.39 is 12.2 Å². The summed E-state index contributed by atoms with van der Waals surface area (Å²) in [6, 6.07) is 6.90. The fourth-order valence-corrected chi connectivity index (χ4v) is 4.38. The van der Waals surface area contributed by atoms with Crippen LogP contribution in [0.1, 0.15) is 19.3 Å². The molecule has 2 atom stereocenters. The molecular formula is C23H27FN4O4. The second kappa shape index (κ2) is 9.57. The second-order valence-corrected chi connectivity index (χ2v) is 8.15. The summed E-state index contributed by atoms with van der Waals surface area (Å²) in [6.45, 7) is 1.61. The van der Waals surface area contributed by atoms with Crippen LogP contribution in [0, 0.1) is 11.3 Å². The lowest BCUT2D eigenvalue weighted by Gasteiger charge is -2.33. The molecule has 2 aromatic rings. The number of benzene rings is 1. The largest absolute Gasteiger partial charge is 0.493 e. The molecule has 0 radical (unpaired) electrons. The van der Waals surface area contributed by atoms with Crippen molar-refractivity contribution >= 4 is 16.8 Å². The van der Waals surface area contributed by atoms with E-state index in [2.05, 4.69) is 4.98 Å². The van der Waals surface area contributed by atoms with Crippen LogP contribution in [0.3, 0.4) is 0 Å². The minimum atomic E-state index is -1.11. The number of nitriles is 1. The van der Waals surface area contributed by atoms with Gasteiger partial charge >= 0.3 is 0 Å². The van der Waals surface area contributed by atoms with Crippen LogP contribution in [0.25, 0.3) is 10.9 Å². The maximum Gasteiger partial charge on any atom is 0.237 e. The Hall–Kier alpha value is -3.12. The predicted octanol–water partition coefficient (Wildman–Crippen LogP) is 2.56.